The van der Waals surface area contributed by atoms with Crippen LogP contribution in [0.5, 0.6) is 0 Å². The van der Waals surface area contributed by atoms with E-state index in [1.165, 1.54) is 4.57 Å². The molecule has 0 aliphatic carbocycles. The average Bonchev–Trinajstić information content (AvgIpc) is 2.65. The van der Waals surface area contributed by atoms with E-state index in [9.17, 15) is 9.59 Å². The van der Waals surface area contributed by atoms with Gasteiger partial charge < -0.3 is 10.6 Å². The molecule has 0 unspecified atom stereocenters. The number of nitrogens with one attached hydrogen (secondary N) is 2. The summed E-state index contributed by atoms with van der Waals surface area (Å²) in [4.78, 5) is 28.7. The summed E-state index contributed by atoms with van der Waals surface area (Å²) in [7, 11) is 1.70. The number of carbonyl (C=O) groups is 1. The summed E-state index contributed by atoms with van der Waals surface area (Å²) in [5.41, 5.74) is 1.64. The number of aromatic nitrogens is 2. The number of hydrogen-bond donors (Lipinski definition) is 2. The van der Waals surface area contributed by atoms with Crippen molar-refractivity contribution >= 4 is 16.9 Å². The predicted octanol–water partition coefficient (Wildman–Crippen LogP) is 1.98. The van der Waals surface area contributed by atoms with Crippen LogP contribution in [0, 0.1) is 0 Å². The lowest BCUT2D eigenvalue weighted by atomic mass is 10.2. The van der Waals surface area contributed by atoms with Crippen molar-refractivity contribution < 1.29 is 4.79 Å². The van der Waals surface area contributed by atoms with Crippen molar-refractivity contribution in [2.24, 2.45) is 7.05 Å². The Labute approximate surface area is 145 Å². The van der Waals surface area contributed by atoms with E-state index >= 15 is 0 Å². The summed E-state index contributed by atoms with van der Waals surface area (Å²) in [5.74, 6) is 0.645. The van der Waals surface area contributed by atoms with Gasteiger partial charge >= 0.3 is 6.03 Å². The van der Waals surface area contributed by atoms with E-state index in [4.69, 9.17) is 0 Å². The molecular weight excluding hydrogens is 316 g/mol. The summed E-state index contributed by atoms with van der Waals surface area (Å²) in [6.45, 7) is 0.874. The fourth-order valence-electron chi connectivity index (χ4n) is 2.62. The second kappa shape index (κ2) is 7.61. The minimum absolute atomic E-state index is 0.0749. The average molecular weight is 336 g/mol. The first kappa shape index (κ1) is 16.7. The summed E-state index contributed by atoms with van der Waals surface area (Å²) >= 11 is 0. The van der Waals surface area contributed by atoms with Crippen LogP contribution in [0.1, 0.15) is 11.4 Å². The molecule has 2 amide bonds. The van der Waals surface area contributed by atoms with Crippen LogP contribution in [0.25, 0.3) is 10.9 Å². The molecule has 3 rings (SSSR count). The lowest BCUT2D eigenvalue weighted by Crippen LogP contribution is -2.37. The van der Waals surface area contributed by atoms with Crippen molar-refractivity contribution in [3.05, 3.63) is 76.3 Å². The fourth-order valence-corrected chi connectivity index (χ4v) is 2.62. The maximum Gasteiger partial charge on any atom is 0.315 e. The topological polar surface area (TPSA) is 76.0 Å². The van der Waals surface area contributed by atoms with Crippen molar-refractivity contribution in [1.29, 1.82) is 0 Å². The van der Waals surface area contributed by atoms with Crippen molar-refractivity contribution in [2.75, 3.05) is 6.54 Å². The lowest BCUT2D eigenvalue weighted by molar-refractivity contribution is 0.240. The second-order valence-electron chi connectivity index (χ2n) is 5.75. The molecule has 25 heavy (non-hydrogen) atoms. The zero-order valence-corrected chi connectivity index (χ0v) is 14.0. The van der Waals surface area contributed by atoms with E-state index < -0.39 is 0 Å². The van der Waals surface area contributed by atoms with Crippen molar-refractivity contribution in [3.8, 4) is 0 Å². The van der Waals surface area contributed by atoms with E-state index in [0.29, 0.717) is 36.2 Å². The van der Waals surface area contributed by atoms with Crippen molar-refractivity contribution in [1.82, 2.24) is 20.2 Å². The number of amides is 2. The third kappa shape index (κ3) is 4.03. The van der Waals surface area contributed by atoms with E-state index in [2.05, 4.69) is 15.6 Å². The van der Waals surface area contributed by atoms with Gasteiger partial charge in [-0.1, -0.05) is 42.5 Å². The van der Waals surface area contributed by atoms with Gasteiger partial charge in [0.1, 0.15) is 5.82 Å². The molecule has 0 fully saturated rings. The Hall–Kier alpha value is -3.15. The summed E-state index contributed by atoms with van der Waals surface area (Å²) in [6, 6.07) is 16.7. The Morgan fingerprint density at radius 2 is 1.76 bits per heavy atom. The number of urea groups is 1. The number of para-hydroxylation sites is 1. The minimum Gasteiger partial charge on any atom is -0.338 e. The molecule has 0 aliphatic rings. The molecule has 1 aromatic heterocycles. The molecule has 0 bridgehead atoms. The highest BCUT2D eigenvalue weighted by atomic mass is 16.2. The maximum absolute atomic E-state index is 12.3. The predicted molar refractivity (Wildman–Crippen MR) is 97.4 cm³/mol. The van der Waals surface area contributed by atoms with Crippen molar-refractivity contribution in [3.63, 3.8) is 0 Å². The van der Waals surface area contributed by atoms with Crippen LogP contribution in [0.15, 0.2) is 59.4 Å². The fraction of sp³-hybridized carbons (Fsp3) is 0.211. The Balaban J connectivity index is 1.57. The van der Waals surface area contributed by atoms with Gasteiger partial charge in [0, 0.05) is 26.6 Å². The highest BCUT2D eigenvalue weighted by Gasteiger charge is 2.08. The zero-order chi connectivity index (χ0) is 17.6. The molecule has 0 aliphatic heterocycles. The van der Waals surface area contributed by atoms with Crippen LogP contribution in [-0.4, -0.2) is 22.1 Å². The zero-order valence-electron chi connectivity index (χ0n) is 14.0. The second-order valence-corrected chi connectivity index (χ2v) is 5.75. The quantitative estimate of drug-likeness (QED) is 0.748. The summed E-state index contributed by atoms with van der Waals surface area (Å²) < 4.78 is 1.53. The first-order chi connectivity index (χ1) is 12.1. The monoisotopic (exact) mass is 336 g/mol. The van der Waals surface area contributed by atoms with Gasteiger partial charge in [0.25, 0.3) is 5.56 Å². The van der Waals surface area contributed by atoms with E-state index in [1.807, 2.05) is 48.5 Å². The molecule has 0 atom stereocenters. The SMILES string of the molecule is Cn1c(CCNC(=O)NCc2ccccc2)nc2ccccc2c1=O. The molecule has 2 aromatic carbocycles. The largest absolute Gasteiger partial charge is 0.338 e. The van der Waals surface area contributed by atoms with Gasteiger partial charge in [-0.25, -0.2) is 9.78 Å². The molecular formula is C19H20N4O2. The van der Waals surface area contributed by atoms with Crippen LogP contribution in [0.3, 0.4) is 0 Å². The number of nitrogens with zero attached hydrogens (tertiary/aromatic N) is 2. The smallest absolute Gasteiger partial charge is 0.315 e. The molecule has 3 aromatic rings. The number of hydrogen-bond acceptors (Lipinski definition) is 3. The van der Waals surface area contributed by atoms with Crippen LogP contribution in [0.4, 0.5) is 4.79 Å². The number of fused-ring (bicyclic) bond motifs is 1. The molecule has 0 spiro atoms. The van der Waals surface area contributed by atoms with Crippen LogP contribution in [0.2, 0.25) is 0 Å². The number of rotatable bonds is 5. The Morgan fingerprint density at radius 3 is 2.56 bits per heavy atom. The third-order valence-electron chi connectivity index (χ3n) is 4.01. The molecule has 0 radical (unpaired) electrons. The first-order valence-corrected chi connectivity index (χ1v) is 8.15. The lowest BCUT2D eigenvalue weighted by Gasteiger charge is -2.10. The summed E-state index contributed by atoms with van der Waals surface area (Å²) in [6.07, 6.45) is 0.481. The normalized spacial score (nSPS) is 10.6. The Bertz CT molecular complexity index is 935. The maximum atomic E-state index is 12.3. The van der Waals surface area contributed by atoms with Crippen LogP contribution < -0.4 is 16.2 Å². The highest BCUT2D eigenvalue weighted by molar-refractivity contribution is 5.77. The third-order valence-corrected chi connectivity index (χ3v) is 4.01. The van der Waals surface area contributed by atoms with Crippen LogP contribution >= 0.6 is 0 Å². The Kier molecular flexibility index (Phi) is 5.09. The van der Waals surface area contributed by atoms with Gasteiger partial charge in [-0.15, -0.1) is 0 Å². The first-order valence-electron chi connectivity index (χ1n) is 8.15. The Morgan fingerprint density at radius 1 is 1.04 bits per heavy atom. The molecule has 0 saturated heterocycles. The molecule has 6 nitrogen and oxygen atoms in total. The highest BCUT2D eigenvalue weighted by Crippen LogP contribution is 2.07. The van der Waals surface area contributed by atoms with Crippen LogP contribution in [-0.2, 0) is 20.0 Å². The number of carbonyl (C=O) groups excluding carboxylic acids is 1. The molecule has 6 heteroatoms. The van der Waals surface area contributed by atoms with Crippen molar-refractivity contribution in [2.45, 2.75) is 13.0 Å². The minimum atomic E-state index is -0.241. The molecule has 0 saturated carbocycles. The van der Waals surface area contributed by atoms with E-state index in [1.54, 1.807) is 13.1 Å². The van der Waals surface area contributed by atoms with Gasteiger partial charge in [-0.2, -0.15) is 0 Å². The van der Waals surface area contributed by atoms with Gasteiger partial charge in [0.2, 0.25) is 0 Å². The summed E-state index contributed by atoms with van der Waals surface area (Å²) in [5, 5.41) is 6.19. The number of benzene rings is 2. The standard InChI is InChI=1S/C19H20N4O2/c1-23-17(22-16-10-6-5-9-15(16)18(23)24)11-12-20-19(25)21-13-14-7-3-2-4-8-14/h2-10H,11-13H2,1H3,(H2,20,21,25). The van der Waals surface area contributed by atoms with Gasteiger partial charge in [-0.05, 0) is 17.7 Å². The van der Waals surface area contributed by atoms with Gasteiger partial charge in [0.05, 0.1) is 10.9 Å². The van der Waals surface area contributed by atoms with Gasteiger partial charge in [-0.3, -0.25) is 9.36 Å². The molecule has 1 heterocycles. The van der Waals surface area contributed by atoms with E-state index in [-0.39, 0.29) is 11.6 Å². The van der Waals surface area contributed by atoms with Gasteiger partial charge in [0.15, 0.2) is 0 Å². The molecule has 2 N–H and O–H groups in total. The van der Waals surface area contributed by atoms with E-state index in [0.717, 1.165) is 5.56 Å². The molecule has 128 valence electrons.